The Morgan fingerprint density at radius 2 is 1.81 bits per heavy atom. The number of benzene rings is 2. The van der Waals surface area contributed by atoms with E-state index in [0.717, 1.165) is 60.1 Å². The van der Waals surface area contributed by atoms with E-state index in [1.54, 1.807) is 6.92 Å². The number of aryl methyl sites for hydroxylation is 1. The van der Waals surface area contributed by atoms with Crippen LogP contribution in [0.15, 0.2) is 42.5 Å². The van der Waals surface area contributed by atoms with Crippen LogP contribution in [0.2, 0.25) is 5.02 Å². The first-order valence-corrected chi connectivity index (χ1v) is 13.5. The van der Waals surface area contributed by atoms with Gasteiger partial charge >= 0.3 is 0 Å². The Bertz CT molecular complexity index is 1270. The summed E-state index contributed by atoms with van der Waals surface area (Å²) in [6, 6.07) is 14.4. The normalized spacial score (nSPS) is 17.1. The van der Waals surface area contributed by atoms with E-state index < -0.39 is 6.10 Å². The number of carbonyl (C=O) groups is 1. The molecule has 1 saturated heterocycles. The molecule has 1 N–H and O–H groups in total. The van der Waals surface area contributed by atoms with Crippen LogP contribution in [0.5, 0.6) is 0 Å². The van der Waals surface area contributed by atoms with Crippen LogP contribution in [0, 0.1) is 6.92 Å². The average Bonchev–Trinajstić information content (AvgIpc) is 3.24. The molecule has 3 aromatic rings. The van der Waals surface area contributed by atoms with Crippen LogP contribution < -0.4 is 10.4 Å². The number of rotatable bonds is 6. The lowest BCUT2D eigenvalue weighted by atomic mass is 9.93. The minimum absolute atomic E-state index is 0.0837. The van der Waals surface area contributed by atoms with E-state index in [2.05, 4.69) is 54.9 Å². The maximum absolute atomic E-state index is 12.1. The molecule has 7 nitrogen and oxygen atoms in total. The fraction of sp³-hybridized carbons (Fsp3) is 0.429. The SMILES string of the molecule is Bc1ccc(-c2nn(C[C@H](O)CN3CCN(c4cc(Cl)ccc4C)CC3)c3c2CN(C(C)=O)CC3)cc1. The van der Waals surface area contributed by atoms with Crippen molar-refractivity contribution in [1.82, 2.24) is 19.6 Å². The van der Waals surface area contributed by atoms with Crippen molar-refractivity contribution in [3.05, 3.63) is 64.3 Å². The molecule has 0 bridgehead atoms. The zero-order valence-electron chi connectivity index (χ0n) is 22.0. The van der Waals surface area contributed by atoms with Crippen molar-refractivity contribution in [2.24, 2.45) is 0 Å². The highest BCUT2D eigenvalue weighted by Crippen LogP contribution is 2.30. The second kappa shape index (κ2) is 10.9. The number of hydrogen-bond acceptors (Lipinski definition) is 5. The molecule has 1 aromatic heterocycles. The topological polar surface area (TPSA) is 64.8 Å². The van der Waals surface area contributed by atoms with Crippen LogP contribution in [-0.2, 0) is 24.3 Å². The minimum Gasteiger partial charge on any atom is -0.390 e. The predicted octanol–water partition coefficient (Wildman–Crippen LogP) is 1.86. The van der Waals surface area contributed by atoms with Crippen molar-refractivity contribution in [2.75, 3.05) is 44.2 Å². The van der Waals surface area contributed by atoms with E-state index in [4.69, 9.17) is 16.7 Å². The van der Waals surface area contributed by atoms with Crippen LogP contribution in [0.4, 0.5) is 5.69 Å². The van der Waals surface area contributed by atoms with Gasteiger partial charge in [-0.3, -0.25) is 14.4 Å². The number of amides is 1. The molecule has 2 aliphatic heterocycles. The van der Waals surface area contributed by atoms with Crippen LogP contribution in [0.3, 0.4) is 0 Å². The summed E-state index contributed by atoms with van der Waals surface area (Å²) in [5.74, 6) is 0.0837. The number of nitrogens with zero attached hydrogens (tertiary/aromatic N) is 5. The molecule has 0 unspecified atom stereocenters. The van der Waals surface area contributed by atoms with Gasteiger partial charge in [0.25, 0.3) is 0 Å². The maximum Gasteiger partial charge on any atom is 0.219 e. The van der Waals surface area contributed by atoms with Gasteiger partial charge in [0.15, 0.2) is 0 Å². The molecule has 0 spiro atoms. The number of aromatic nitrogens is 2. The van der Waals surface area contributed by atoms with E-state index in [-0.39, 0.29) is 5.91 Å². The Balaban J connectivity index is 1.27. The third-order valence-electron chi connectivity index (χ3n) is 7.64. The number of hydrogen-bond donors (Lipinski definition) is 1. The summed E-state index contributed by atoms with van der Waals surface area (Å²) >= 11 is 6.23. The number of carbonyl (C=O) groups excluding carboxylic acids is 1. The Morgan fingerprint density at radius 3 is 2.51 bits per heavy atom. The highest BCUT2D eigenvalue weighted by atomic mass is 35.5. The van der Waals surface area contributed by atoms with Gasteiger partial charge in [-0.2, -0.15) is 5.10 Å². The number of fused-ring (bicyclic) bond motifs is 1. The summed E-state index contributed by atoms with van der Waals surface area (Å²) < 4.78 is 1.98. The van der Waals surface area contributed by atoms with Gasteiger partial charge in [0.1, 0.15) is 7.85 Å². The summed E-state index contributed by atoms with van der Waals surface area (Å²) in [5.41, 5.74) is 7.82. The molecule has 5 rings (SSSR count). The molecule has 2 aliphatic rings. The van der Waals surface area contributed by atoms with Crippen molar-refractivity contribution in [3.8, 4) is 11.3 Å². The molecule has 194 valence electrons. The Labute approximate surface area is 225 Å². The van der Waals surface area contributed by atoms with Crippen molar-refractivity contribution >= 4 is 36.5 Å². The van der Waals surface area contributed by atoms with E-state index in [1.165, 1.54) is 16.7 Å². The summed E-state index contributed by atoms with van der Waals surface area (Å²) in [4.78, 5) is 18.7. The van der Waals surface area contributed by atoms with Crippen molar-refractivity contribution < 1.29 is 9.90 Å². The zero-order chi connectivity index (χ0) is 26.1. The lowest BCUT2D eigenvalue weighted by Crippen LogP contribution is -2.49. The first-order chi connectivity index (χ1) is 17.8. The van der Waals surface area contributed by atoms with Gasteiger partial charge in [0.05, 0.1) is 18.3 Å². The third-order valence-corrected chi connectivity index (χ3v) is 7.88. The van der Waals surface area contributed by atoms with Gasteiger partial charge in [-0.1, -0.05) is 47.4 Å². The molecule has 0 saturated carbocycles. The lowest BCUT2D eigenvalue weighted by molar-refractivity contribution is -0.129. The molecule has 37 heavy (non-hydrogen) atoms. The zero-order valence-corrected chi connectivity index (χ0v) is 22.7. The van der Waals surface area contributed by atoms with Gasteiger partial charge in [0.2, 0.25) is 5.91 Å². The molecule has 9 heteroatoms. The van der Waals surface area contributed by atoms with E-state index in [0.29, 0.717) is 26.2 Å². The monoisotopic (exact) mass is 519 g/mol. The number of β-amino-alcohol motifs (C(OH)–C–C–N with tert-alkyl or cyclic N) is 1. The fourth-order valence-corrected chi connectivity index (χ4v) is 5.67. The van der Waals surface area contributed by atoms with E-state index in [9.17, 15) is 9.90 Å². The molecule has 1 amide bonds. The quantitative estimate of drug-likeness (QED) is 0.504. The lowest BCUT2D eigenvalue weighted by Gasteiger charge is -2.37. The van der Waals surface area contributed by atoms with Gasteiger partial charge in [-0.05, 0) is 24.6 Å². The standard InChI is InChI=1S/C28H35BClN5O2/c1-19-3-8-23(30)15-27(19)33-13-11-32(12-14-33)16-24(37)17-35-26-9-10-34(20(2)36)18-25(26)28(31-35)21-4-6-22(29)7-5-21/h3-8,15,24,37H,9-14,16-18,29H2,1-2H3/t24-/m1/s1. The number of aliphatic hydroxyl groups is 1. The minimum atomic E-state index is -0.528. The molecule has 2 aromatic carbocycles. The second-order valence-electron chi connectivity index (χ2n) is 10.4. The highest BCUT2D eigenvalue weighted by Gasteiger charge is 2.28. The van der Waals surface area contributed by atoms with Gasteiger partial charge in [-0.25, -0.2) is 0 Å². The Kier molecular flexibility index (Phi) is 7.61. The summed E-state index contributed by atoms with van der Waals surface area (Å²) in [5, 5.41) is 16.8. The Hall–Kier alpha value is -2.81. The molecular formula is C28H35BClN5O2. The molecule has 1 fully saturated rings. The fourth-order valence-electron chi connectivity index (χ4n) is 5.50. The molecular weight excluding hydrogens is 485 g/mol. The van der Waals surface area contributed by atoms with Crippen LogP contribution in [-0.4, -0.2) is 83.8 Å². The van der Waals surface area contributed by atoms with Gasteiger partial charge < -0.3 is 14.9 Å². The first-order valence-electron chi connectivity index (χ1n) is 13.1. The first kappa shape index (κ1) is 25.8. The van der Waals surface area contributed by atoms with Crippen molar-refractivity contribution in [2.45, 2.75) is 39.5 Å². The summed E-state index contributed by atoms with van der Waals surface area (Å²) in [7, 11) is 2.07. The molecule has 3 heterocycles. The summed E-state index contributed by atoms with van der Waals surface area (Å²) in [6.07, 6.45) is 0.221. The number of halogens is 1. The third kappa shape index (κ3) is 5.71. The van der Waals surface area contributed by atoms with Crippen LogP contribution >= 0.6 is 11.6 Å². The highest BCUT2D eigenvalue weighted by molar-refractivity contribution is 6.32. The Morgan fingerprint density at radius 1 is 1.08 bits per heavy atom. The van der Waals surface area contributed by atoms with E-state index >= 15 is 0 Å². The van der Waals surface area contributed by atoms with Crippen molar-refractivity contribution in [1.29, 1.82) is 0 Å². The van der Waals surface area contributed by atoms with Crippen molar-refractivity contribution in [3.63, 3.8) is 0 Å². The number of piperazine rings is 1. The largest absolute Gasteiger partial charge is 0.390 e. The smallest absolute Gasteiger partial charge is 0.219 e. The molecule has 0 aliphatic carbocycles. The predicted molar refractivity (Wildman–Crippen MR) is 151 cm³/mol. The average molecular weight is 520 g/mol. The van der Waals surface area contributed by atoms with Crippen LogP contribution in [0.1, 0.15) is 23.7 Å². The maximum atomic E-state index is 12.1. The van der Waals surface area contributed by atoms with Gasteiger partial charge in [-0.15, -0.1) is 0 Å². The van der Waals surface area contributed by atoms with E-state index in [1.807, 2.05) is 21.7 Å². The van der Waals surface area contributed by atoms with Gasteiger partial charge in [0, 0.05) is 86.7 Å². The number of aliphatic hydroxyl groups excluding tert-OH is 1. The summed E-state index contributed by atoms with van der Waals surface area (Å²) in [6.45, 7) is 9.64. The second-order valence-corrected chi connectivity index (χ2v) is 10.8. The van der Waals surface area contributed by atoms with Crippen LogP contribution in [0.25, 0.3) is 11.3 Å². The number of anilines is 1. The molecule has 1 atom stereocenters. The molecule has 0 radical (unpaired) electrons.